The smallest absolute Gasteiger partial charge is 0.298 e. The van der Waals surface area contributed by atoms with Crippen molar-refractivity contribution in [3.05, 3.63) is 87.4 Å². The van der Waals surface area contributed by atoms with E-state index < -0.39 is 40.7 Å². The molecule has 0 saturated heterocycles. The van der Waals surface area contributed by atoms with Gasteiger partial charge >= 0.3 is 0 Å². The molecule has 1 saturated carbocycles. The quantitative estimate of drug-likeness (QED) is 0.259. The normalized spacial score (nSPS) is 21.8. The van der Waals surface area contributed by atoms with E-state index in [1.807, 2.05) is 20.8 Å². The highest BCUT2D eigenvalue weighted by Crippen LogP contribution is 2.61. The van der Waals surface area contributed by atoms with Gasteiger partial charge in [0, 0.05) is 33.5 Å². The number of hydrogen-bond donors (Lipinski definition) is 1. The van der Waals surface area contributed by atoms with Gasteiger partial charge in [0.25, 0.3) is 6.47 Å². The average Bonchev–Trinajstić information content (AvgIpc) is 3.22. The molecule has 0 aliphatic heterocycles. The van der Waals surface area contributed by atoms with Crippen molar-refractivity contribution >= 4 is 41.3 Å². The number of halogens is 4. The van der Waals surface area contributed by atoms with E-state index in [4.69, 9.17) is 32.7 Å². The molecule has 4 atom stereocenters. The third kappa shape index (κ3) is 6.08. The molecule has 6 nitrogen and oxygen atoms in total. The summed E-state index contributed by atoms with van der Waals surface area (Å²) < 4.78 is 41.7. The van der Waals surface area contributed by atoms with Gasteiger partial charge in [-0.2, -0.15) is 5.26 Å². The Balaban J connectivity index is 1.92. The van der Waals surface area contributed by atoms with E-state index in [0.717, 1.165) is 12.1 Å². The Labute approximate surface area is 253 Å². The molecular formula is C32H30Cl2F2N2O4. The zero-order valence-corrected chi connectivity index (χ0v) is 25.0. The number of ether oxygens (including phenoxy) is 2. The molecule has 0 bridgehead atoms. The van der Waals surface area contributed by atoms with Gasteiger partial charge in [0.05, 0.1) is 24.3 Å². The molecule has 0 spiro atoms. The molecular weight excluding hydrogens is 585 g/mol. The van der Waals surface area contributed by atoms with Crippen LogP contribution in [0.25, 0.3) is 0 Å². The first-order valence-corrected chi connectivity index (χ1v) is 14.0. The number of benzene rings is 3. The van der Waals surface area contributed by atoms with E-state index in [0.29, 0.717) is 6.42 Å². The molecule has 1 aliphatic carbocycles. The van der Waals surface area contributed by atoms with Gasteiger partial charge < -0.3 is 14.8 Å². The van der Waals surface area contributed by atoms with E-state index in [2.05, 4.69) is 11.4 Å². The standard InChI is InChI=1S/C32H30Cl2F2N2O4/c1-31(2,3)15-18-11-23(30(40)38-27-10-7-21(42-17-39)14-28(27)41-4)29(22-8-5-19(33)12-25(22)35)32(18,16-37)24-9-6-20(34)13-26(24)36/h5-10,12-14,17-18,23,29H,11,15H2,1-4H3,(H,38,40)/t18-,23?,29-,32+/m0/s1. The number of nitrogens with zero attached hydrogens (tertiary/aromatic N) is 1. The first kappa shape index (κ1) is 31.3. The molecule has 3 aromatic carbocycles. The number of nitrogens with one attached hydrogen (secondary N) is 1. The van der Waals surface area contributed by atoms with Crippen molar-refractivity contribution in [2.75, 3.05) is 12.4 Å². The van der Waals surface area contributed by atoms with Crippen molar-refractivity contribution in [2.24, 2.45) is 17.3 Å². The number of methoxy groups -OCH3 is 1. The number of nitriles is 1. The molecule has 42 heavy (non-hydrogen) atoms. The maximum absolute atomic E-state index is 15.8. The van der Waals surface area contributed by atoms with Gasteiger partial charge in [0.15, 0.2) is 0 Å². The SMILES string of the molecule is COc1cc(OC=O)ccc1NC(=O)C1C[C@@H](CC(C)(C)C)[C@](C#N)(c2ccc(Cl)cc2F)[C@H]1c1ccc(Cl)cc1F. The van der Waals surface area contributed by atoms with Crippen LogP contribution in [0, 0.1) is 40.2 Å². The number of amides is 1. The predicted octanol–water partition coefficient (Wildman–Crippen LogP) is 8.07. The minimum atomic E-state index is -1.63. The zero-order valence-electron chi connectivity index (χ0n) is 23.5. The predicted molar refractivity (Wildman–Crippen MR) is 157 cm³/mol. The molecule has 1 N–H and O–H groups in total. The highest BCUT2D eigenvalue weighted by atomic mass is 35.5. The lowest BCUT2D eigenvalue weighted by atomic mass is 9.62. The molecule has 0 radical (unpaired) electrons. The van der Waals surface area contributed by atoms with Crippen molar-refractivity contribution in [3.63, 3.8) is 0 Å². The van der Waals surface area contributed by atoms with Crippen LogP contribution in [-0.2, 0) is 15.0 Å². The number of anilines is 1. The van der Waals surface area contributed by atoms with Gasteiger partial charge in [-0.3, -0.25) is 9.59 Å². The first-order valence-electron chi connectivity index (χ1n) is 13.3. The van der Waals surface area contributed by atoms with Gasteiger partial charge in [-0.15, -0.1) is 0 Å². The summed E-state index contributed by atoms with van der Waals surface area (Å²) in [4.78, 5) is 24.9. The van der Waals surface area contributed by atoms with Crippen LogP contribution in [0.3, 0.4) is 0 Å². The van der Waals surface area contributed by atoms with Crippen LogP contribution in [-0.4, -0.2) is 19.5 Å². The third-order valence-corrected chi connectivity index (χ3v) is 8.22. The van der Waals surface area contributed by atoms with Gasteiger partial charge in [-0.1, -0.05) is 56.1 Å². The van der Waals surface area contributed by atoms with Crippen molar-refractivity contribution in [1.29, 1.82) is 5.26 Å². The molecule has 0 heterocycles. The van der Waals surface area contributed by atoms with Crippen LogP contribution in [0.1, 0.15) is 50.7 Å². The Bertz CT molecular complexity index is 1550. The number of rotatable bonds is 8. The Morgan fingerprint density at radius 2 is 1.76 bits per heavy atom. The Hall–Kier alpha value is -3.67. The number of hydrogen-bond acceptors (Lipinski definition) is 5. The number of carbonyl (C=O) groups is 2. The first-order chi connectivity index (χ1) is 19.8. The summed E-state index contributed by atoms with van der Waals surface area (Å²) in [5.41, 5.74) is -1.55. The van der Waals surface area contributed by atoms with Crippen molar-refractivity contribution < 1.29 is 27.8 Å². The second-order valence-electron chi connectivity index (χ2n) is 11.6. The lowest BCUT2D eigenvalue weighted by molar-refractivity contribution is -0.121. The second kappa shape index (κ2) is 12.3. The summed E-state index contributed by atoms with van der Waals surface area (Å²) in [6.45, 7) is 6.24. The van der Waals surface area contributed by atoms with Crippen LogP contribution in [0.2, 0.25) is 10.0 Å². The minimum absolute atomic E-state index is 0.0474. The van der Waals surface area contributed by atoms with Gasteiger partial charge in [0.2, 0.25) is 5.91 Å². The summed E-state index contributed by atoms with van der Waals surface area (Å²) in [6.07, 6.45) is 0.610. The lowest BCUT2D eigenvalue weighted by Crippen LogP contribution is -2.39. The summed E-state index contributed by atoms with van der Waals surface area (Å²) in [6, 6.07) is 14.9. The zero-order chi connectivity index (χ0) is 30.8. The van der Waals surface area contributed by atoms with Gasteiger partial charge in [0.1, 0.15) is 23.1 Å². The Morgan fingerprint density at radius 1 is 1.10 bits per heavy atom. The highest BCUT2D eigenvalue weighted by molar-refractivity contribution is 6.30. The summed E-state index contributed by atoms with van der Waals surface area (Å²) in [5.74, 6) is -4.10. The van der Waals surface area contributed by atoms with Crippen molar-refractivity contribution in [1.82, 2.24) is 0 Å². The van der Waals surface area contributed by atoms with Crippen molar-refractivity contribution in [3.8, 4) is 17.6 Å². The van der Waals surface area contributed by atoms with Gasteiger partial charge in [-0.05, 0) is 66.1 Å². The largest absolute Gasteiger partial charge is 0.494 e. The van der Waals surface area contributed by atoms with E-state index >= 15 is 8.78 Å². The molecule has 0 aromatic heterocycles. The molecule has 10 heteroatoms. The topological polar surface area (TPSA) is 88.4 Å². The van der Waals surface area contributed by atoms with Crippen LogP contribution in [0.15, 0.2) is 54.6 Å². The monoisotopic (exact) mass is 614 g/mol. The number of carbonyl (C=O) groups excluding carboxylic acids is 2. The highest BCUT2D eigenvalue weighted by Gasteiger charge is 2.61. The minimum Gasteiger partial charge on any atom is -0.494 e. The maximum Gasteiger partial charge on any atom is 0.298 e. The van der Waals surface area contributed by atoms with Crippen LogP contribution >= 0.6 is 23.2 Å². The summed E-state index contributed by atoms with van der Waals surface area (Å²) >= 11 is 12.2. The molecule has 4 rings (SSSR count). The Kier molecular flexibility index (Phi) is 9.15. The Morgan fingerprint density at radius 3 is 2.33 bits per heavy atom. The lowest BCUT2D eigenvalue weighted by Gasteiger charge is -2.38. The third-order valence-electron chi connectivity index (χ3n) is 7.75. The molecule has 1 fully saturated rings. The second-order valence-corrected chi connectivity index (χ2v) is 12.5. The van der Waals surface area contributed by atoms with Crippen molar-refractivity contribution in [2.45, 2.75) is 44.9 Å². The summed E-state index contributed by atoms with van der Waals surface area (Å²) in [5, 5.41) is 14.1. The van der Waals surface area contributed by atoms with Crippen LogP contribution < -0.4 is 14.8 Å². The molecule has 1 unspecified atom stereocenters. The molecule has 3 aromatic rings. The summed E-state index contributed by atoms with van der Waals surface area (Å²) in [7, 11) is 1.39. The van der Waals surface area contributed by atoms with Crippen LogP contribution in [0.5, 0.6) is 11.5 Å². The van der Waals surface area contributed by atoms with Crippen LogP contribution in [0.4, 0.5) is 14.5 Å². The average molecular weight is 616 g/mol. The molecule has 220 valence electrons. The maximum atomic E-state index is 15.8. The van der Waals surface area contributed by atoms with E-state index in [9.17, 15) is 14.9 Å². The molecule has 1 aliphatic rings. The fraction of sp³-hybridized carbons (Fsp3) is 0.344. The fourth-order valence-corrected chi connectivity index (χ4v) is 6.54. The molecule has 1 amide bonds. The fourth-order valence-electron chi connectivity index (χ4n) is 6.22. The van der Waals surface area contributed by atoms with E-state index in [-0.39, 0.29) is 56.7 Å². The van der Waals surface area contributed by atoms with E-state index in [1.54, 1.807) is 0 Å². The van der Waals surface area contributed by atoms with E-state index in [1.165, 1.54) is 49.6 Å². The van der Waals surface area contributed by atoms with Gasteiger partial charge in [-0.25, -0.2) is 8.78 Å².